The Kier molecular flexibility index (Phi) is 7.09. The Balaban J connectivity index is 1.30. The number of aromatic nitrogens is 4. The zero-order chi connectivity index (χ0) is 24.9. The van der Waals surface area contributed by atoms with Gasteiger partial charge in [-0.25, -0.2) is 14.8 Å². The first-order valence-electron chi connectivity index (χ1n) is 12.3. The van der Waals surface area contributed by atoms with Crippen LogP contribution in [0.3, 0.4) is 0 Å². The van der Waals surface area contributed by atoms with Crippen LogP contribution in [0.25, 0.3) is 11.3 Å². The summed E-state index contributed by atoms with van der Waals surface area (Å²) in [6.07, 6.45) is 10.3. The number of carboxylic acid groups (broad SMARTS) is 1. The summed E-state index contributed by atoms with van der Waals surface area (Å²) in [7, 11) is 0. The molecule has 10 nitrogen and oxygen atoms in total. The molecule has 0 spiro atoms. The molecule has 186 valence electrons. The largest absolute Gasteiger partial charge is 0.465 e. The summed E-state index contributed by atoms with van der Waals surface area (Å²) in [5.41, 5.74) is 2.94. The number of anilines is 3. The summed E-state index contributed by atoms with van der Waals surface area (Å²) in [4.78, 5) is 22.1. The predicted octanol–water partition coefficient (Wildman–Crippen LogP) is 5.00. The van der Waals surface area contributed by atoms with E-state index < -0.39 is 6.09 Å². The Morgan fingerprint density at radius 1 is 1.25 bits per heavy atom. The van der Waals surface area contributed by atoms with E-state index in [1.165, 1.54) is 17.7 Å². The molecule has 36 heavy (non-hydrogen) atoms. The van der Waals surface area contributed by atoms with Gasteiger partial charge in [0.1, 0.15) is 0 Å². The van der Waals surface area contributed by atoms with Crippen LogP contribution in [0.4, 0.5) is 22.1 Å². The maximum Gasteiger partial charge on any atom is 0.412 e. The van der Waals surface area contributed by atoms with Crippen LogP contribution in [0.15, 0.2) is 48.9 Å². The molecule has 2 unspecified atom stereocenters. The maximum absolute atomic E-state index is 11.8. The van der Waals surface area contributed by atoms with Crippen LogP contribution in [0.1, 0.15) is 44.6 Å². The van der Waals surface area contributed by atoms with Crippen molar-refractivity contribution >= 4 is 23.4 Å². The maximum atomic E-state index is 11.8. The van der Waals surface area contributed by atoms with Gasteiger partial charge in [0.05, 0.1) is 43.1 Å². The van der Waals surface area contributed by atoms with Crippen molar-refractivity contribution in [1.82, 2.24) is 19.7 Å². The Bertz CT molecular complexity index is 1220. The zero-order valence-electron chi connectivity index (χ0n) is 20.0. The molecule has 2 aliphatic rings. The van der Waals surface area contributed by atoms with Gasteiger partial charge in [0.15, 0.2) is 0 Å². The van der Waals surface area contributed by atoms with Gasteiger partial charge < -0.3 is 15.2 Å². The van der Waals surface area contributed by atoms with Gasteiger partial charge in [0.25, 0.3) is 0 Å². The molecule has 1 saturated heterocycles. The van der Waals surface area contributed by atoms with E-state index in [-0.39, 0.29) is 12.1 Å². The first-order valence-corrected chi connectivity index (χ1v) is 12.3. The highest BCUT2D eigenvalue weighted by molar-refractivity contribution is 5.87. The number of ether oxygens (including phenoxy) is 1. The van der Waals surface area contributed by atoms with Crippen molar-refractivity contribution in [3.8, 4) is 17.3 Å². The summed E-state index contributed by atoms with van der Waals surface area (Å²) in [5.74, 6) is 0.915. The summed E-state index contributed by atoms with van der Waals surface area (Å²) in [6, 6.07) is 11.2. The molecule has 3 heterocycles. The van der Waals surface area contributed by atoms with E-state index >= 15 is 0 Å². The van der Waals surface area contributed by atoms with Crippen LogP contribution in [-0.4, -0.2) is 50.2 Å². The van der Waals surface area contributed by atoms with Crippen molar-refractivity contribution in [3.63, 3.8) is 0 Å². The van der Waals surface area contributed by atoms with Gasteiger partial charge in [-0.3, -0.25) is 9.58 Å². The molecule has 2 N–H and O–H groups in total. The second kappa shape index (κ2) is 10.7. The molecule has 2 atom stereocenters. The molecule has 10 heteroatoms. The van der Waals surface area contributed by atoms with E-state index in [1.807, 2.05) is 29.1 Å². The zero-order valence-corrected chi connectivity index (χ0v) is 20.0. The van der Waals surface area contributed by atoms with Crippen molar-refractivity contribution in [2.45, 2.75) is 50.6 Å². The van der Waals surface area contributed by atoms with E-state index in [4.69, 9.17) is 4.74 Å². The fourth-order valence-electron chi connectivity index (χ4n) is 5.18. The second-order valence-electron chi connectivity index (χ2n) is 9.29. The van der Waals surface area contributed by atoms with Gasteiger partial charge in [0.2, 0.25) is 5.95 Å². The minimum atomic E-state index is -0.993. The number of benzene rings is 1. The topological polar surface area (TPSA) is 129 Å². The Morgan fingerprint density at radius 3 is 2.75 bits per heavy atom. The Labute approximate surface area is 209 Å². The molecule has 1 aromatic carbocycles. The molecule has 0 bridgehead atoms. The van der Waals surface area contributed by atoms with Crippen molar-refractivity contribution in [1.29, 1.82) is 5.26 Å². The predicted molar refractivity (Wildman–Crippen MR) is 134 cm³/mol. The number of nitrogens with zero attached hydrogens (tertiary/aromatic N) is 6. The number of nitriles is 1. The van der Waals surface area contributed by atoms with Gasteiger partial charge in [0, 0.05) is 35.9 Å². The fourth-order valence-corrected chi connectivity index (χ4v) is 5.18. The van der Waals surface area contributed by atoms with Crippen LogP contribution in [0.5, 0.6) is 0 Å². The normalized spacial score (nSPS) is 18.6. The van der Waals surface area contributed by atoms with Gasteiger partial charge in [-0.05, 0) is 55.5 Å². The van der Waals surface area contributed by atoms with Crippen LogP contribution < -0.4 is 10.2 Å². The summed E-state index contributed by atoms with van der Waals surface area (Å²) < 4.78 is 7.28. The number of rotatable bonds is 8. The molecule has 0 radical (unpaired) electrons. The third-order valence-electron chi connectivity index (χ3n) is 7.02. The molecule has 5 rings (SSSR count). The Morgan fingerprint density at radius 2 is 2.06 bits per heavy atom. The van der Waals surface area contributed by atoms with E-state index in [1.54, 1.807) is 24.5 Å². The summed E-state index contributed by atoms with van der Waals surface area (Å²) >= 11 is 0. The SMILES string of the molecule is N#CCC(C1CCCC1)n1cc(-c2ccnc(Nc3ccc(N(C(=O)O)C4CCOC4)cc3)n2)cn1. The first-order chi connectivity index (χ1) is 17.6. The van der Waals surface area contributed by atoms with Crippen molar-refractivity contribution in [3.05, 3.63) is 48.9 Å². The summed E-state index contributed by atoms with van der Waals surface area (Å²) in [6.45, 7) is 0.974. The van der Waals surface area contributed by atoms with Crippen LogP contribution >= 0.6 is 0 Å². The quantitative estimate of drug-likeness (QED) is 0.454. The van der Waals surface area contributed by atoms with E-state index in [0.29, 0.717) is 43.6 Å². The van der Waals surface area contributed by atoms with Gasteiger partial charge in [-0.2, -0.15) is 10.4 Å². The minimum absolute atomic E-state index is 0.0883. The van der Waals surface area contributed by atoms with Crippen molar-refractivity contribution < 1.29 is 14.6 Å². The molecule has 1 aliphatic carbocycles. The van der Waals surface area contributed by atoms with Crippen LogP contribution in [0, 0.1) is 17.2 Å². The average Bonchev–Trinajstić information content (AvgIpc) is 3.67. The number of hydrogen-bond acceptors (Lipinski definition) is 7. The number of carbonyl (C=O) groups is 1. The van der Waals surface area contributed by atoms with E-state index in [2.05, 4.69) is 26.5 Å². The van der Waals surface area contributed by atoms with E-state index in [9.17, 15) is 15.2 Å². The second-order valence-corrected chi connectivity index (χ2v) is 9.29. The standard InChI is InChI=1S/C26H29N7O3/c27-12-9-24(18-3-1-2-4-18)32-16-19(15-29-32)23-10-13-28-25(31-23)30-20-5-7-21(8-6-20)33(26(34)35)22-11-14-36-17-22/h5-8,10,13,15-16,18,22,24H,1-4,9,11,14,17H2,(H,34,35)(H,28,30,31). The molecule has 3 aromatic rings. The monoisotopic (exact) mass is 487 g/mol. The molecule has 1 aliphatic heterocycles. The highest BCUT2D eigenvalue weighted by atomic mass is 16.5. The fraction of sp³-hybridized carbons (Fsp3) is 0.423. The molecule has 2 aromatic heterocycles. The lowest BCUT2D eigenvalue weighted by atomic mass is 9.96. The first kappa shape index (κ1) is 23.8. The molecular formula is C26H29N7O3. The molecule has 2 fully saturated rings. The van der Waals surface area contributed by atoms with Gasteiger partial charge in [-0.15, -0.1) is 0 Å². The van der Waals surface area contributed by atoms with Crippen LogP contribution in [0.2, 0.25) is 0 Å². The van der Waals surface area contributed by atoms with Crippen molar-refractivity contribution in [2.24, 2.45) is 5.92 Å². The van der Waals surface area contributed by atoms with Crippen LogP contribution in [-0.2, 0) is 4.74 Å². The lowest BCUT2D eigenvalue weighted by Crippen LogP contribution is -2.39. The highest BCUT2D eigenvalue weighted by Gasteiger charge is 2.29. The smallest absolute Gasteiger partial charge is 0.412 e. The molecular weight excluding hydrogens is 458 g/mol. The number of hydrogen-bond donors (Lipinski definition) is 2. The van der Waals surface area contributed by atoms with Gasteiger partial charge >= 0.3 is 6.09 Å². The van der Waals surface area contributed by atoms with Gasteiger partial charge in [-0.1, -0.05) is 12.8 Å². The van der Waals surface area contributed by atoms with E-state index in [0.717, 1.165) is 29.8 Å². The minimum Gasteiger partial charge on any atom is -0.465 e. The number of amides is 1. The summed E-state index contributed by atoms with van der Waals surface area (Å²) in [5, 5.41) is 26.8. The lowest BCUT2D eigenvalue weighted by Gasteiger charge is -2.25. The third-order valence-corrected chi connectivity index (χ3v) is 7.02. The molecule has 1 amide bonds. The average molecular weight is 488 g/mol. The lowest BCUT2D eigenvalue weighted by molar-refractivity contribution is 0.183. The number of nitrogens with one attached hydrogen (secondary N) is 1. The highest BCUT2D eigenvalue weighted by Crippen LogP contribution is 2.36. The molecule has 1 saturated carbocycles. The third kappa shape index (κ3) is 5.16. The Hall–Kier alpha value is -3.97. The van der Waals surface area contributed by atoms with Crippen molar-refractivity contribution in [2.75, 3.05) is 23.4 Å².